The Balaban J connectivity index is 1.56. The number of benzene rings is 2. The summed E-state index contributed by atoms with van der Waals surface area (Å²) in [7, 11) is 1.85. The number of aliphatic hydroxyl groups is 1. The molecule has 1 aliphatic heterocycles. The monoisotopic (exact) mass is 479 g/mol. The molecule has 5 rings (SSSR count). The second kappa shape index (κ2) is 9.21. The van der Waals surface area contributed by atoms with Gasteiger partial charge in [0.25, 0.3) is 0 Å². The first-order valence-corrected chi connectivity index (χ1v) is 11.5. The minimum Gasteiger partial charge on any atom is -0.457 e. The molecule has 8 heteroatoms. The molecule has 1 saturated heterocycles. The molecule has 1 unspecified atom stereocenters. The minimum atomic E-state index is -1.32. The number of nitrogen functional groups attached to an aromatic ring is 1. The first-order chi connectivity index (χ1) is 17.4. The van der Waals surface area contributed by atoms with Crippen molar-refractivity contribution in [3.63, 3.8) is 0 Å². The second-order valence-corrected chi connectivity index (χ2v) is 8.68. The largest absolute Gasteiger partial charge is 0.457 e. The van der Waals surface area contributed by atoms with Crippen LogP contribution in [0.25, 0.3) is 22.2 Å². The molecule has 180 valence electrons. The topological polar surface area (TPSA) is 106 Å². The van der Waals surface area contributed by atoms with Gasteiger partial charge >= 0.3 is 0 Å². The molecular weight excluding hydrogens is 454 g/mol. The maximum absolute atomic E-state index is 12.0. The van der Waals surface area contributed by atoms with E-state index in [1.165, 1.54) is 12.4 Å². The fourth-order valence-electron chi connectivity index (χ4n) is 4.41. The SMILES string of the molecule is C=CC(=O)N1CCC(O)(C#Cc2c(-c3ccc(Oc4ccccc4)cc3)c3c(N)ncnc3n2C)C1. The number of carbonyl (C=O) groups is 1. The van der Waals surface area contributed by atoms with Crippen LogP contribution in [0.5, 0.6) is 11.5 Å². The van der Waals surface area contributed by atoms with Crippen LogP contribution in [0.2, 0.25) is 0 Å². The Morgan fingerprint density at radius 1 is 1.17 bits per heavy atom. The number of nitrogens with two attached hydrogens (primary N) is 1. The summed E-state index contributed by atoms with van der Waals surface area (Å²) in [5.74, 6) is 7.71. The van der Waals surface area contributed by atoms with Gasteiger partial charge in [-0.1, -0.05) is 42.8 Å². The van der Waals surface area contributed by atoms with Crippen LogP contribution in [-0.4, -0.2) is 49.1 Å². The number of fused-ring (bicyclic) bond motifs is 1. The van der Waals surface area contributed by atoms with Crippen LogP contribution < -0.4 is 10.5 Å². The quantitative estimate of drug-likeness (QED) is 0.343. The van der Waals surface area contributed by atoms with Gasteiger partial charge in [-0.25, -0.2) is 9.97 Å². The van der Waals surface area contributed by atoms with Crippen molar-refractivity contribution in [3.05, 3.63) is 79.3 Å². The van der Waals surface area contributed by atoms with E-state index in [-0.39, 0.29) is 12.5 Å². The van der Waals surface area contributed by atoms with Crippen LogP contribution in [0.15, 0.2) is 73.6 Å². The number of hydrogen-bond acceptors (Lipinski definition) is 6. The molecule has 1 fully saturated rings. The summed E-state index contributed by atoms with van der Waals surface area (Å²) in [5, 5.41) is 11.7. The number of anilines is 1. The highest BCUT2D eigenvalue weighted by atomic mass is 16.5. The van der Waals surface area contributed by atoms with Crippen molar-refractivity contribution in [2.24, 2.45) is 7.05 Å². The summed E-state index contributed by atoms with van der Waals surface area (Å²) in [4.78, 5) is 22.1. The van der Waals surface area contributed by atoms with Crippen LogP contribution in [0.1, 0.15) is 12.1 Å². The second-order valence-electron chi connectivity index (χ2n) is 8.68. The van der Waals surface area contributed by atoms with E-state index >= 15 is 0 Å². The highest BCUT2D eigenvalue weighted by Gasteiger charge is 2.36. The Labute approximate surface area is 208 Å². The molecule has 4 aromatic rings. The van der Waals surface area contributed by atoms with E-state index in [4.69, 9.17) is 10.5 Å². The Morgan fingerprint density at radius 2 is 1.89 bits per heavy atom. The maximum Gasteiger partial charge on any atom is 0.246 e. The number of β-amino-alcohol motifs (C(OH)–C–C–N with tert-alkyl or cyclic N) is 1. The summed E-state index contributed by atoms with van der Waals surface area (Å²) in [6.45, 7) is 4.06. The lowest BCUT2D eigenvalue weighted by molar-refractivity contribution is -0.125. The maximum atomic E-state index is 12.0. The zero-order chi connectivity index (χ0) is 25.3. The van der Waals surface area contributed by atoms with Gasteiger partial charge in [-0.2, -0.15) is 0 Å². The molecule has 1 atom stereocenters. The molecule has 0 aliphatic carbocycles. The van der Waals surface area contributed by atoms with Crippen molar-refractivity contribution in [2.75, 3.05) is 18.8 Å². The molecular formula is C28H25N5O3. The van der Waals surface area contributed by atoms with Crippen molar-refractivity contribution in [1.82, 2.24) is 19.4 Å². The van der Waals surface area contributed by atoms with Crippen LogP contribution in [0, 0.1) is 11.8 Å². The van der Waals surface area contributed by atoms with E-state index in [9.17, 15) is 9.90 Å². The lowest BCUT2D eigenvalue weighted by Crippen LogP contribution is -2.34. The first kappa shape index (κ1) is 23.1. The summed E-state index contributed by atoms with van der Waals surface area (Å²) in [6, 6.07) is 17.2. The molecule has 36 heavy (non-hydrogen) atoms. The summed E-state index contributed by atoms with van der Waals surface area (Å²) >= 11 is 0. The Bertz CT molecular complexity index is 1520. The van der Waals surface area contributed by atoms with Gasteiger partial charge in [-0.05, 0) is 41.8 Å². The number of hydrogen-bond donors (Lipinski definition) is 2. The molecule has 8 nitrogen and oxygen atoms in total. The predicted molar refractivity (Wildman–Crippen MR) is 138 cm³/mol. The van der Waals surface area contributed by atoms with E-state index in [1.54, 1.807) is 4.90 Å². The van der Waals surface area contributed by atoms with Gasteiger partial charge in [0.15, 0.2) is 0 Å². The zero-order valence-corrected chi connectivity index (χ0v) is 19.8. The molecule has 0 bridgehead atoms. The van der Waals surface area contributed by atoms with Crippen molar-refractivity contribution >= 4 is 22.8 Å². The molecule has 0 saturated carbocycles. The Morgan fingerprint density at radius 3 is 2.61 bits per heavy atom. The number of ether oxygens (including phenoxy) is 1. The van der Waals surface area contributed by atoms with Gasteiger partial charge in [0.2, 0.25) is 5.91 Å². The molecule has 1 aliphatic rings. The number of likely N-dealkylation sites (tertiary alicyclic amines) is 1. The molecule has 3 heterocycles. The van der Waals surface area contributed by atoms with E-state index < -0.39 is 5.60 Å². The van der Waals surface area contributed by atoms with Gasteiger partial charge in [-0.15, -0.1) is 0 Å². The van der Waals surface area contributed by atoms with Crippen LogP contribution in [0.3, 0.4) is 0 Å². The molecule has 3 N–H and O–H groups in total. The average Bonchev–Trinajstić information content (AvgIpc) is 3.42. The zero-order valence-electron chi connectivity index (χ0n) is 19.8. The third-order valence-electron chi connectivity index (χ3n) is 6.27. The number of aromatic nitrogens is 3. The molecule has 1 amide bonds. The van der Waals surface area contributed by atoms with Crippen molar-refractivity contribution in [2.45, 2.75) is 12.0 Å². The molecule has 0 spiro atoms. The number of aryl methyl sites for hydroxylation is 1. The molecule has 2 aromatic carbocycles. The molecule has 2 aromatic heterocycles. The van der Waals surface area contributed by atoms with E-state index in [0.717, 1.165) is 16.9 Å². The summed E-state index contributed by atoms with van der Waals surface area (Å²) in [6.07, 6.45) is 3.01. The minimum absolute atomic E-state index is 0.123. The standard InChI is InChI=1S/C28H25N5O3/c1-3-23(34)33-16-15-28(35,17-33)14-13-22-24(25-26(29)30-18-31-27(25)32(22)2)19-9-11-21(12-10-19)36-20-7-5-4-6-8-20/h3-12,18,35H,1,15-17H2,2H3,(H2,29,30,31). The first-order valence-electron chi connectivity index (χ1n) is 11.5. The summed E-state index contributed by atoms with van der Waals surface area (Å²) < 4.78 is 7.77. The number of amides is 1. The highest BCUT2D eigenvalue weighted by molar-refractivity contribution is 6.03. The Hall–Kier alpha value is -4.61. The van der Waals surface area contributed by atoms with Crippen molar-refractivity contribution in [1.29, 1.82) is 0 Å². The lowest BCUT2D eigenvalue weighted by atomic mass is 10.0. The van der Waals surface area contributed by atoms with Gasteiger partial charge < -0.3 is 25.0 Å². The number of carbonyl (C=O) groups excluding carboxylic acids is 1. The predicted octanol–water partition coefficient (Wildman–Crippen LogP) is 3.51. The van der Waals surface area contributed by atoms with Gasteiger partial charge in [0.05, 0.1) is 11.9 Å². The van der Waals surface area contributed by atoms with E-state index in [1.807, 2.05) is 66.2 Å². The third-order valence-corrected chi connectivity index (χ3v) is 6.27. The van der Waals surface area contributed by atoms with Crippen molar-refractivity contribution in [3.8, 4) is 34.5 Å². The number of rotatable bonds is 4. The van der Waals surface area contributed by atoms with Gasteiger partial charge in [0.1, 0.15) is 40.6 Å². The van der Waals surface area contributed by atoms with Gasteiger partial charge in [0, 0.05) is 25.6 Å². The third kappa shape index (κ3) is 4.28. The normalized spacial score (nSPS) is 17.0. The van der Waals surface area contributed by atoms with Gasteiger partial charge in [-0.3, -0.25) is 4.79 Å². The number of nitrogens with zero attached hydrogens (tertiary/aromatic N) is 4. The van der Waals surface area contributed by atoms with E-state index in [2.05, 4.69) is 28.4 Å². The number of para-hydroxylation sites is 1. The average molecular weight is 480 g/mol. The smallest absolute Gasteiger partial charge is 0.246 e. The summed E-state index contributed by atoms with van der Waals surface area (Å²) in [5.41, 5.74) is 7.85. The van der Waals surface area contributed by atoms with Crippen LogP contribution >= 0.6 is 0 Å². The molecule has 0 radical (unpaired) electrons. The van der Waals surface area contributed by atoms with Crippen molar-refractivity contribution < 1.29 is 14.6 Å². The highest BCUT2D eigenvalue weighted by Crippen LogP contribution is 2.37. The fourth-order valence-corrected chi connectivity index (χ4v) is 4.41. The Kier molecular flexibility index (Phi) is 5.92. The van der Waals surface area contributed by atoms with Crippen LogP contribution in [0.4, 0.5) is 5.82 Å². The van der Waals surface area contributed by atoms with E-state index in [0.29, 0.717) is 41.3 Å². The van der Waals surface area contributed by atoms with Crippen LogP contribution in [-0.2, 0) is 11.8 Å². The lowest BCUT2D eigenvalue weighted by Gasteiger charge is -2.17. The fraction of sp³-hybridized carbons (Fsp3) is 0.179.